The van der Waals surface area contributed by atoms with Gasteiger partial charge in [-0.05, 0) is 53.2 Å². The van der Waals surface area contributed by atoms with Gasteiger partial charge in [0.2, 0.25) is 5.91 Å². The van der Waals surface area contributed by atoms with Crippen molar-refractivity contribution < 1.29 is 9.59 Å². The monoisotopic (exact) mass is 423 g/mol. The van der Waals surface area contributed by atoms with Gasteiger partial charge < -0.3 is 15.6 Å². The van der Waals surface area contributed by atoms with Crippen LogP contribution in [0.1, 0.15) is 40.1 Å². The zero-order valence-corrected chi connectivity index (χ0v) is 15.9. The first-order chi connectivity index (χ1) is 12.0. The van der Waals surface area contributed by atoms with E-state index in [4.69, 9.17) is 5.73 Å². The summed E-state index contributed by atoms with van der Waals surface area (Å²) in [6, 6.07) is 3.01. The largest absolute Gasteiger partial charge is 0.365 e. The molecule has 0 aromatic carbocycles. The summed E-state index contributed by atoms with van der Waals surface area (Å²) in [4.78, 5) is 37.2. The highest BCUT2D eigenvalue weighted by atomic mass is 79.9. The number of nitrogens with one attached hydrogen (secondary N) is 1. The van der Waals surface area contributed by atoms with Gasteiger partial charge in [0.05, 0.1) is 5.56 Å². The standard InChI is InChI=1S/C17H18BrN3O3S/c18-10-6-7-14(23)21(8-10)9-13(22)20-17-15(16(19)24)11-4-2-1-3-5-12(11)25-17/h6-8H,1-5,9H2,(H2,19,24)(H,20,22). The number of nitrogens with zero attached hydrogens (tertiary/aromatic N) is 1. The van der Waals surface area contributed by atoms with E-state index in [1.807, 2.05) is 0 Å². The number of nitrogens with two attached hydrogens (primary N) is 1. The van der Waals surface area contributed by atoms with Crippen molar-refractivity contribution in [2.24, 2.45) is 5.73 Å². The van der Waals surface area contributed by atoms with Gasteiger partial charge in [0, 0.05) is 21.6 Å². The third-order valence-electron chi connectivity index (χ3n) is 4.18. The van der Waals surface area contributed by atoms with Gasteiger partial charge in [0.15, 0.2) is 0 Å². The molecule has 2 amide bonds. The summed E-state index contributed by atoms with van der Waals surface area (Å²) in [6.45, 7) is -0.126. The fourth-order valence-electron chi connectivity index (χ4n) is 3.04. The van der Waals surface area contributed by atoms with Crippen molar-refractivity contribution in [2.45, 2.75) is 38.6 Å². The van der Waals surface area contributed by atoms with Crippen molar-refractivity contribution in [3.05, 3.63) is 49.2 Å². The number of rotatable bonds is 4. The molecule has 0 spiro atoms. The molecule has 0 fully saturated rings. The van der Waals surface area contributed by atoms with Crippen molar-refractivity contribution in [2.75, 3.05) is 5.32 Å². The van der Waals surface area contributed by atoms with Crippen LogP contribution in [-0.4, -0.2) is 16.4 Å². The number of hydrogen-bond donors (Lipinski definition) is 2. The van der Waals surface area contributed by atoms with Gasteiger partial charge in [-0.25, -0.2) is 0 Å². The Morgan fingerprint density at radius 1 is 1.24 bits per heavy atom. The van der Waals surface area contributed by atoms with E-state index in [1.165, 1.54) is 22.0 Å². The molecule has 0 radical (unpaired) electrons. The SMILES string of the molecule is NC(=O)c1c(NC(=O)Cn2cc(Br)ccc2=O)sc2c1CCCCC2. The lowest BCUT2D eigenvalue weighted by molar-refractivity contribution is -0.116. The average Bonchev–Trinajstić information content (AvgIpc) is 2.72. The van der Waals surface area contributed by atoms with Crippen LogP contribution >= 0.6 is 27.3 Å². The molecule has 1 aliphatic carbocycles. The Morgan fingerprint density at radius 2 is 2.00 bits per heavy atom. The fourth-order valence-corrected chi connectivity index (χ4v) is 4.73. The van der Waals surface area contributed by atoms with Crippen molar-refractivity contribution in [3.63, 3.8) is 0 Å². The van der Waals surface area contributed by atoms with Gasteiger partial charge in [-0.15, -0.1) is 11.3 Å². The van der Waals surface area contributed by atoms with Gasteiger partial charge >= 0.3 is 0 Å². The van der Waals surface area contributed by atoms with Crippen molar-refractivity contribution in [1.29, 1.82) is 0 Å². The van der Waals surface area contributed by atoms with Crippen LogP contribution in [0.3, 0.4) is 0 Å². The Morgan fingerprint density at radius 3 is 2.76 bits per heavy atom. The topological polar surface area (TPSA) is 94.2 Å². The molecule has 2 aromatic rings. The number of aryl methyl sites for hydroxylation is 1. The number of aromatic nitrogens is 1. The molecule has 0 unspecified atom stereocenters. The molecule has 8 heteroatoms. The Bertz CT molecular complexity index is 888. The molecule has 132 valence electrons. The van der Waals surface area contributed by atoms with Crippen molar-refractivity contribution in [3.8, 4) is 0 Å². The molecule has 0 aliphatic heterocycles. The normalized spacial score (nSPS) is 13.8. The number of pyridine rings is 1. The molecule has 0 saturated heterocycles. The van der Waals surface area contributed by atoms with Gasteiger partial charge in [0.25, 0.3) is 11.5 Å². The smallest absolute Gasteiger partial charge is 0.251 e. The van der Waals surface area contributed by atoms with E-state index < -0.39 is 5.91 Å². The minimum atomic E-state index is -0.519. The number of primary amides is 1. The number of carbonyl (C=O) groups excluding carboxylic acids is 2. The minimum Gasteiger partial charge on any atom is -0.365 e. The highest BCUT2D eigenvalue weighted by Crippen LogP contribution is 2.37. The number of amides is 2. The lowest BCUT2D eigenvalue weighted by Crippen LogP contribution is -2.27. The van der Waals surface area contributed by atoms with E-state index in [1.54, 1.807) is 12.3 Å². The number of halogens is 1. The molecule has 1 aliphatic rings. The van der Waals surface area contributed by atoms with Crippen LogP contribution in [0.15, 0.2) is 27.6 Å². The predicted octanol–water partition coefficient (Wildman–Crippen LogP) is 2.68. The van der Waals surface area contributed by atoms with Crippen LogP contribution in [0.5, 0.6) is 0 Å². The Hall–Kier alpha value is -1.93. The number of fused-ring (bicyclic) bond motifs is 1. The Kier molecular flexibility index (Phi) is 5.39. The lowest BCUT2D eigenvalue weighted by Gasteiger charge is -2.08. The van der Waals surface area contributed by atoms with Crippen LogP contribution < -0.4 is 16.6 Å². The Balaban J connectivity index is 1.85. The third kappa shape index (κ3) is 4.01. The molecule has 0 saturated carbocycles. The highest BCUT2D eigenvalue weighted by molar-refractivity contribution is 9.10. The fraction of sp³-hybridized carbons (Fsp3) is 0.353. The van der Waals surface area contributed by atoms with Crippen LogP contribution in [-0.2, 0) is 24.2 Å². The second kappa shape index (κ2) is 7.53. The average molecular weight is 424 g/mol. The van der Waals surface area contributed by atoms with Crippen LogP contribution in [0.4, 0.5) is 5.00 Å². The second-order valence-corrected chi connectivity index (χ2v) is 8.02. The molecule has 6 nitrogen and oxygen atoms in total. The molecule has 25 heavy (non-hydrogen) atoms. The number of thiophene rings is 1. The minimum absolute atomic E-state index is 0.126. The summed E-state index contributed by atoms with van der Waals surface area (Å²) >= 11 is 4.70. The summed E-state index contributed by atoms with van der Waals surface area (Å²) in [5.74, 6) is -0.881. The maximum Gasteiger partial charge on any atom is 0.251 e. The summed E-state index contributed by atoms with van der Waals surface area (Å²) in [7, 11) is 0. The van der Waals surface area contributed by atoms with Crippen LogP contribution in [0.25, 0.3) is 0 Å². The van der Waals surface area contributed by atoms with Gasteiger partial charge in [-0.2, -0.15) is 0 Å². The Labute approximate surface area is 157 Å². The number of carbonyl (C=O) groups is 2. The maximum atomic E-state index is 12.4. The second-order valence-electron chi connectivity index (χ2n) is 5.99. The number of hydrogen-bond acceptors (Lipinski definition) is 4. The van der Waals surface area contributed by atoms with Crippen LogP contribution in [0, 0.1) is 0 Å². The molecule has 2 heterocycles. The molecular formula is C17H18BrN3O3S. The highest BCUT2D eigenvalue weighted by Gasteiger charge is 2.24. The van der Waals surface area contributed by atoms with E-state index in [2.05, 4.69) is 21.2 Å². The van der Waals surface area contributed by atoms with Crippen molar-refractivity contribution >= 4 is 44.1 Å². The maximum absolute atomic E-state index is 12.4. The van der Waals surface area contributed by atoms with E-state index in [0.29, 0.717) is 15.0 Å². The zero-order valence-electron chi connectivity index (χ0n) is 13.5. The van der Waals surface area contributed by atoms with E-state index in [9.17, 15) is 14.4 Å². The molecule has 3 N–H and O–H groups in total. The van der Waals surface area contributed by atoms with E-state index >= 15 is 0 Å². The summed E-state index contributed by atoms with van der Waals surface area (Å²) in [6.07, 6.45) is 6.50. The summed E-state index contributed by atoms with van der Waals surface area (Å²) in [5, 5.41) is 3.26. The first kappa shape index (κ1) is 17.9. The molecular weight excluding hydrogens is 406 g/mol. The molecule has 0 atom stereocenters. The summed E-state index contributed by atoms with van der Waals surface area (Å²) < 4.78 is 2.02. The molecule has 3 rings (SSSR count). The molecule has 0 bridgehead atoms. The van der Waals surface area contributed by atoms with Gasteiger partial charge in [-0.3, -0.25) is 14.4 Å². The van der Waals surface area contributed by atoms with E-state index in [-0.39, 0.29) is 18.0 Å². The predicted molar refractivity (Wildman–Crippen MR) is 101 cm³/mol. The molecule has 2 aromatic heterocycles. The lowest BCUT2D eigenvalue weighted by atomic mass is 10.1. The van der Waals surface area contributed by atoms with Crippen LogP contribution in [0.2, 0.25) is 0 Å². The zero-order chi connectivity index (χ0) is 18.0. The van der Waals surface area contributed by atoms with Gasteiger partial charge in [-0.1, -0.05) is 6.42 Å². The third-order valence-corrected chi connectivity index (χ3v) is 5.86. The first-order valence-electron chi connectivity index (χ1n) is 8.06. The quantitative estimate of drug-likeness (QED) is 0.739. The van der Waals surface area contributed by atoms with Crippen molar-refractivity contribution in [1.82, 2.24) is 4.57 Å². The summed E-state index contributed by atoms with van der Waals surface area (Å²) in [5.41, 5.74) is 6.70. The van der Waals surface area contributed by atoms with E-state index in [0.717, 1.165) is 42.5 Å². The first-order valence-corrected chi connectivity index (χ1v) is 9.67. The number of anilines is 1. The van der Waals surface area contributed by atoms with Gasteiger partial charge in [0.1, 0.15) is 11.5 Å².